The first-order valence-electron chi connectivity index (χ1n) is 7.71. The minimum absolute atomic E-state index is 0.0708. The van der Waals surface area contributed by atoms with Crippen molar-refractivity contribution in [2.45, 2.75) is 37.1 Å². The highest BCUT2D eigenvalue weighted by molar-refractivity contribution is 7.91. The number of hydrogen-bond donors (Lipinski definition) is 1. The van der Waals surface area contributed by atoms with E-state index in [9.17, 15) is 18.0 Å². The summed E-state index contributed by atoms with van der Waals surface area (Å²) in [5, 5.41) is 3.18. The molecule has 1 saturated carbocycles. The molecule has 0 heterocycles. The number of nitrogens with one attached hydrogen (secondary N) is 1. The van der Waals surface area contributed by atoms with Gasteiger partial charge in [0.1, 0.15) is 0 Å². The molecule has 8 heteroatoms. The van der Waals surface area contributed by atoms with Crippen molar-refractivity contribution in [3.63, 3.8) is 0 Å². The summed E-state index contributed by atoms with van der Waals surface area (Å²) in [5.41, 5.74) is 0. The van der Waals surface area contributed by atoms with Crippen LogP contribution >= 0.6 is 11.6 Å². The molecule has 1 N–H and O–H groups in total. The molecular weight excluding hydrogens is 354 g/mol. The van der Waals surface area contributed by atoms with Crippen molar-refractivity contribution in [2.24, 2.45) is 5.92 Å². The first-order valence-corrected chi connectivity index (χ1v) is 9.74. The predicted octanol–water partition coefficient (Wildman–Crippen LogP) is 1.96. The Morgan fingerprint density at radius 3 is 2.50 bits per heavy atom. The van der Waals surface area contributed by atoms with E-state index >= 15 is 0 Å². The Morgan fingerprint density at radius 2 is 1.92 bits per heavy atom. The number of esters is 1. The van der Waals surface area contributed by atoms with E-state index in [1.54, 1.807) is 0 Å². The SMILES string of the molecule is C[C@H](NC(=O)COC(=O)CCS(=O)(=O)c1ccc(Cl)cc1)C1CC1. The second-order valence-corrected chi connectivity index (χ2v) is 8.42. The van der Waals surface area contributed by atoms with Crippen LogP contribution in [0.2, 0.25) is 5.02 Å². The van der Waals surface area contributed by atoms with E-state index in [0.29, 0.717) is 10.9 Å². The summed E-state index contributed by atoms with van der Waals surface area (Å²) in [6.07, 6.45) is 1.89. The maximum absolute atomic E-state index is 12.1. The average molecular weight is 374 g/mol. The summed E-state index contributed by atoms with van der Waals surface area (Å²) < 4.78 is 29.0. The zero-order valence-corrected chi connectivity index (χ0v) is 14.9. The van der Waals surface area contributed by atoms with E-state index in [-0.39, 0.29) is 29.0 Å². The van der Waals surface area contributed by atoms with Crippen molar-refractivity contribution in [3.05, 3.63) is 29.3 Å². The van der Waals surface area contributed by atoms with Crippen LogP contribution in [-0.2, 0) is 24.2 Å². The average Bonchev–Trinajstić information content (AvgIpc) is 3.36. The van der Waals surface area contributed by atoms with Crippen molar-refractivity contribution >= 4 is 33.3 Å². The van der Waals surface area contributed by atoms with Gasteiger partial charge in [0.2, 0.25) is 0 Å². The number of carbonyl (C=O) groups is 2. The lowest BCUT2D eigenvalue weighted by Crippen LogP contribution is -2.37. The minimum atomic E-state index is -3.59. The van der Waals surface area contributed by atoms with Crippen LogP contribution in [0.25, 0.3) is 0 Å². The summed E-state index contributed by atoms with van der Waals surface area (Å²) in [6, 6.07) is 5.78. The Bertz CT molecular complexity index is 698. The van der Waals surface area contributed by atoms with Gasteiger partial charge in [-0.15, -0.1) is 0 Å². The number of carbonyl (C=O) groups excluding carboxylic acids is 2. The second-order valence-electron chi connectivity index (χ2n) is 5.88. The molecule has 0 bridgehead atoms. The molecule has 0 saturated heterocycles. The number of benzene rings is 1. The third-order valence-corrected chi connectivity index (χ3v) is 5.81. The molecule has 1 aliphatic rings. The molecule has 132 valence electrons. The van der Waals surface area contributed by atoms with E-state index < -0.39 is 22.4 Å². The maximum atomic E-state index is 12.1. The smallest absolute Gasteiger partial charge is 0.307 e. The number of sulfone groups is 1. The van der Waals surface area contributed by atoms with Gasteiger partial charge in [-0.1, -0.05) is 11.6 Å². The molecule has 0 aliphatic heterocycles. The molecule has 6 nitrogen and oxygen atoms in total. The van der Waals surface area contributed by atoms with Gasteiger partial charge in [0.25, 0.3) is 5.91 Å². The van der Waals surface area contributed by atoms with Crippen LogP contribution in [0.4, 0.5) is 0 Å². The van der Waals surface area contributed by atoms with Gasteiger partial charge >= 0.3 is 5.97 Å². The molecule has 1 atom stereocenters. The number of hydrogen-bond acceptors (Lipinski definition) is 5. The molecule has 2 rings (SSSR count). The normalized spacial score (nSPS) is 15.6. The molecule has 1 aromatic carbocycles. The Morgan fingerprint density at radius 1 is 1.29 bits per heavy atom. The van der Waals surface area contributed by atoms with Crippen molar-refractivity contribution in [1.29, 1.82) is 0 Å². The van der Waals surface area contributed by atoms with Gasteiger partial charge in [0, 0.05) is 11.1 Å². The van der Waals surface area contributed by atoms with Gasteiger partial charge in [-0.25, -0.2) is 8.42 Å². The van der Waals surface area contributed by atoms with E-state index in [4.69, 9.17) is 16.3 Å². The summed E-state index contributed by atoms with van der Waals surface area (Å²) in [7, 11) is -3.59. The van der Waals surface area contributed by atoms with Crippen LogP contribution in [0.3, 0.4) is 0 Å². The van der Waals surface area contributed by atoms with Gasteiger partial charge in [0.15, 0.2) is 16.4 Å². The Labute approximate surface area is 146 Å². The lowest BCUT2D eigenvalue weighted by molar-refractivity contribution is -0.148. The Hall–Kier alpha value is -1.60. The lowest BCUT2D eigenvalue weighted by Gasteiger charge is -2.12. The molecule has 1 fully saturated rings. The fourth-order valence-electron chi connectivity index (χ4n) is 2.21. The molecule has 0 spiro atoms. The molecule has 1 amide bonds. The monoisotopic (exact) mass is 373 g/mol. The third-order valence-electron chi connectivity index (χ3n) is 3.83. The highest BCUT2D eigenvalue weighted by atomic mass is 35.5. The molecular formula is C16H20ClNO5S. The summed E-state index contributed by atoms with van der Waals surface area (Å²) >= 11 is 5.71. The molecule has 24 heavy (non-hydrogen) atoms. The van der Waals surface area contributed by atoms with Gasteiger partial charge in [-0.3, -0.25) is 9.59 Å². The van der Waals surface area contributed by atoms with Crippen molar-refractivity contribution in [2.75, 3.05) is 12.4 Å². The third kappa shape index (κ3) is 5.79. The zero-order valence-electron chi connectivity index (χ0n) is 13.3. The quantitative estimate of drug-likeness (QED) is 0.703. The zero-order chi connectivity index (χ0) is 17.7. The predicted molar refractivity (Wildman–Crippen MR) is 89.4 cm³/mol. The van der Waals surface area contributed by atoms with Crippen LogP contribution in [0.15, 0.2) is 29.2 Å². The number of halogens is 1. The van der Waals surface area contributed by atoms with Gasteiger partial charge in [0.05, 0.1) is 17.1 Å². The van der Waals surface area contributed by atoms with Crippen molar-refractivity contribution < 1.29 is 22.7 Å². The summed E-state index contributed by atoms with van der Waals surface area (Å²) in [6.45, 7) is 1.52. The lowest BCUT2D eigenvalue weighted by atomic mass is 10.2. The van der Waals surface area contributed by atoms with Gasteiger partial charge < -0.3 is 10.1 Å². The van der Waals surface area contributed by atoms with Crippen LogP contribution < -0.4 is 5.32 Å². The largest absolute Gasteiger partial charge is 0.456 e. The number of rotatable bonds is 8. The van der Waals surface area contributed by atoms with Crippen LogP contribution in [0.5, 0.6) is 0 Å². The Kier molecular flexibility index (Phi) is 6.23. The van der Waals surface area contributed by atoms with Crippen LogP contribution in [-0.4, -0.2) is 38.7 Å². The summed E-state index contributed by atoms with van der Waals surface area (Å²) in [5.74, 6) is -0.965. The van der Waals surface area contributed by atoms with E-state index in [2.05, 4.69) is 5.32 Å². The molecule has 0 radical (unpaired) electrons. The number of ether oxygens (including phenoxy) is 1. The fourth-order valence-corrected chi connectivity index (χ4v) is 3.55. The van der Waals surface area contributed by atoms with Crippen LogP contribution in [0, 0.1) is 5.92 Å². The van der Waals surface area contributed by atoms with Crippen LogP contribution in [0.1, 0.15) is 26.2 Å². The molecule has 0 aromatic heterocycles. The molecule has 1 aliphatic carbocycles. The molecule has 0 unspecified atom stereocenters. The number of amides is 1. The maximum Gasteiger partial charge on any atom is 0.307 e. The highest BCUT2D eigenvalue weighted by Gasteiger charge is 2.29. The van der Waals surface area contributed by atoms with E-state index in [0.717, 1.165) is 12.8 Å². The highest BCUT2D eigenvalue weighted by Crippen LogP contribution is 2.32. The fraction of sp³-hybridized carbons (Fsp3) is 0.500. The topological polar surface area (TPSA) is 89.5 Å². The minimum Gasteiger partial charge on any atom is -0.456 e. The standard InChI is InChI=1S/C16H20ClNO5S/c1-11(12-2-3-12)18-15(19)10-23-16(20)8-9-24(21,22)14-6-4-13(17)5-7-14/h4-7,11-12H,2-3,8-10H2,1H3,(H,18,19)/t11-/m0/s1. The van der Waals surface area contributed by atoms with E-state index in [1.165, 1.54) is 24.3 Å². The molecule has 1 aromatic rings. The summed E-state index contributed by atoms with van der Waals surface area (Å²) in [4.78, 5) is 23.3. The first kappa shape index (κ1) is 18.7. The van der Waals surface area contributed by atoms with E-state index in [1.807, 2.05) is 6.92 Å². The van der Waals surface area contributed by atoms with Crippen molar-refractivity contribution in [3.8, 4) is 0 Å². The van der Waals surface area contributed by atoms with Crippen molar-refractivity contribution in [1.82, 2.24) is 5.32 Å². The Balaban J connectivity index is 1.73. The van der Waals surface area contributed by atoms with Gasteiger partial charge in [-0.2, -0.15) is 0 Å². The second kappa shape index (κ2) is 7.98. The van der Waals surface area contributed by atoms with Gasteiger partial charge in [-0.05, 0) is 49.9 Å². The first-order chi connectivity index (χ1) is 11.3.